The zero-order valence-electron chi connectivity index (χ0n) is 10.2. The summed E-state index contributed by atoms with van der Waals surface area (Å²) in [5, 5.41) is -0.363. The quantitative estimate of drug-likeness (QED) is 0.525. The number of rotatable bonds is 6. The molecule has 17 heavy (non-hydrogen) atoms. The second kappa shape index (κ2) is 7.17. The van der Waals surface area contributed by atoms with E-state index in [9.17, 15) is 4.79 Å². The first kappa shape index (κ1) is 14.7. The summed E-state index contributed by atoms with van der Waals surface area (Å²) in [6.45, 7) is 4.31. The Morgan fingerprint density at radius 3 is 2.53 bits per heavy atom. The summed E-state index contributed by atoms with van der Waals surface area (Å²) in [4.78, 5) is 11.8. The Labute approximate surface area is 117 Å². The molecular weight excluding hydrogens is 300 g/mol. The minimum atomic E-state index is -0.363. The number of alkyl halides is 1. The number of carbonyl (C=O) groups is 1. The van der Waals surface area contributed by atoms with Crippen molar-refractivity contribution >= 4 is 32.8 Å². The lowest BCUT2D eigenvalue weighted by molar-refractivity contribution is 0.108. The van der Waals surface area contributed by atoms with Gasteiger partial charge < -0.3 is 0 Å². The molecule has 0 aliphatic heterocycles. The first-order chi connectivity index (χ1) is 8.11. The summed E-state index contributed by atoms with van der Waals surface area (Å²) in [6, 6.07) is 7.65. The highest BCUT2D eigenvalue weighted by molar-refractivity contribution is 9.09. The van der Waals surface area contributed by atoms with E-state index in [0.29, 0.717) is 16.3 Å². The number of benzene rings is 1. The smallest absolute Gasteiger partial charge is 0.252 e. The number of halogens is 2. The molecule has 0 aliphatic rings. The van der Waals surface area contributed by atoms with E-state index in [1.807, 2.05) is 24.3 Å². The van der Waals surface area contributed by atoms with Crippen LogP contribution in [-0.4, -0.2) is 10.1 Å². The Morgan fingerprint density at radius 1 is 1.35 bits per heavy atom. The Hall–Kier alpha value is -0.340. The van der Waals surface area contributed by atoms with Gasteiger partial charge in [-0.15, -0.1) is 0 Å². The van der Waals surface area contributed by atoms with Crippen molar-refractivity contribution in [2.75, 3.05) is 0 Å². The van der Waals surface area contributed by atoms with Crippen molar-refractivity contribution in [3.8, 4) is 0 Å². The van der Waals surface area contributed by atoms with Gasteiger partial charge in [0.1, 0.15) is 0 Å². The Morgan fingerprint density at radius 2 is 2.00 bits per heavy atom. The molecular formula is C14H18BrClO. The van der Waals surface area contributed by atoms with Crippen molar-refractivity contribution < 1.29 is 4.79 Å². The Balaban J connectivity index is 3.13. The topological polar surface area (TPSA) is 17.1 Å². The zero-order chi connectivity index (χ0) is 12.8. The average Bonchev–Trinajstić information content (AvgIpc) is 2.35. The Kier molecular flexibility index (Phi) is 6.21. The zero-order valence-corrected chi connectivity index (χ0v) is 12.6. The molecule has 2 unspecified atom stereocenters. The van der Waals surface area contributed by atoms with Gasteiger partial charge in [0.15, 0.2) is 0 Å². The molecule has 94 valence electrons. The fourth-order valence-corrected chi connectivity index (χ4v) is 2.85. The van der Waals surface area contributed by atoms with E-state index in [0.717, 1.165) is 24.8 Å². The molecule has 0 amide bonds. The number of carbonyl (C=O) groups excluding carboxylic acids is 1. The van der Waals surface area contributed by atoms with Gasteiger partial charge in [-0.1, -0.05) is 54.4 Å². The van der Waals surface area contributed by atoms with Crippen LogP contribution >= 0.6 is 27.5 Å². The standard InChI is InChI=1S/C14H18BrClO/c1-3-7-11(13(15)4-2)10-8-5-6-9-12(10)14(16)17/h5-6,8-9,11,13H,3-4,7H2,1-2H3. The molecule has 0 fully saturated rings. The molecule has 3 heteroatoms. The average molecular weight is 318 g/mol. The molecule has 0 radical (unpaired) electrons. The second-order valence-corrected chi connectivity index (χ2v) is 5.70. The second-order valence-electron chi connectivity index (χ2n) is 4.18. The van der Waals surface area contributed by atoms with Crippen LogP contribution in [0, 0.1) is 0 Å². The maximum Gasteiger partial charge on any atom is 0.252 e. The third-order valence-corrected chi connectivity index (χ3v) is 4.49. The monoisotopic (exact) mass is 316 g/mol. The highest BCUT2D eigenvalue weighted by Crippen LogP contribution is 2.34. The third-order valence-electron chi connectivity index (χ3n) is 3.00. The SMILES string of the molecule is CCCC(c1ccccc1C(=O)Cl)C(Br)CC. The van der Waals surface area contributed by atoms with Crippen LogP contribution in [0.2, 0.25) is 0 Å². The summed E-state index contributed by atoms with van der Waals surface area (Å²) in [7, 11) is 0. The van der Waals surface area contributed by atoms with Crippen LogP contribution in [0.5, 0.6) is 0 Å². The lowest BCUT2D eigenvalue weighted by Crippen LogP contribution is -2.14. The number of hydrogen-bond acceptors (Lipinski definition) is 1. The van der Waals surface area contributed by atoms with Crippen LogP contribution in [-0.2, 0) is 0 Å². The van der Waals surface area contributed by atoms with Crippen LogP contribution in [0.3, 0.4) is 0 Å². The van der Waals surface area contributed by atoms with Crippen molar-refractivity contribution in [1.29, 1.82) is 0 Å². The lowest BCUT2D eigenvalue weighted by Gasteiger charge is -2.23. The minimum absolute atomic E-state index is 0.351. The molecule has 0 saturated carbocycles. The van der Waals surface area contributed by atoms with Crippen LogP contribution < -0.4 is 0 Å². The van der Waals surface area contributed by atoms with E-state index in [1.54, 1.807) is 0 Å². The van der Waals surface area contributed by atoms with Gasteiger partial charge in [-0.25, -0.2) is 0 Å². The van der Waals surface area contributed by atoms with Gasteiger partial charge in [0.25, 0.3) is 5.24 Å². The van der Waals surface area contributed by atoms with E-state index in [4.69, 9.17) is 11.6 Å². The summed E-state index contributed by atoms with van der Waals surface area (Å²) >= 11 is 9.36. The molecule has 1 aromatic rings. The summed E-state index contributed by atoms with van der Waals surface area (Å²) < 4.78 is 0. The molecule has 0 bridgehead atoms. The van der Waals surface area contributed by atoms with Crippen molar-refractivity contribution in [1.82, 2.24) is 0 Å². The van der Waals surface area contributed by atoms with E-state index in [-0.39, 0.29) is 5.24 Å². The molecule has 0 spiro atoms. The maximum absolute atomic E-state index is 11.4. The van der Waals surface area contributed by atoms with Gasteiger partial charge >= 0.3 is 0 Å². The first-order valence-electron chi connectivity index (χ1n) is 6.04. The van der Waals surface area contributed by atoms with Crippen LogP contribution in [0.4, 0.5) is 0 Å². The largest absolute Gasteiger partial charge is 0.276 e. The maximum atomic E-state index is 11.4. The van der Waals surface area contributed by atoms with Gasteiger partial charge in [-0.3, -0.25) is 4.79 Å². The van der Waals surface area contributed by atoms with Gasteiger partial charge in [0, 0.05) is 10.4 Å². The molecule has 0 aromatic heterocycles. The molecule has 1 aromatic carbocycles. The lowest BCUT2D eigenvalue weighted by atomic mass is 9.87. The Bertz CT molecular complexity index is 378. The van der Waals surface area contributed by atoms with Gasteiger partial charge in [0.05, 0.1) is 0 Å². The van der Waals surface area contributed by atoms with E-state index < -0.39 is 0 Å². The number of hydrogen-bond donors (Lipinski definition) is 0. The normalized spacial score (nSPS) is 14.4. The highest BCUT2D eigenvalue weighted by atomic mass is 79.9. The highest BCUT2D eigenvalue weighted by Gasteiger charge is 2.22. The molecule has 0 saturated heterocycles. The van der Waals surface area contributed by atoms with Gasteiger partial charge in [-0.05, 0) is 42.0 Å². The molecule has 1 nitrogen and oxygen atoms in total. The van der Waals surface area contributed by atoms with Crippen LogP contribution in [0.15, 0.2) is 24.3 Å². The van der Waals surface area contributed by atoms with Crippen LogP contribution in [0.1, 0.15) is 54.9 Å². The fraction of sp³-hybridized carbons (Fsp3) is 0.500. The van der Waals surface area contributed by atoms with E-state index >= 15 is 0 Å². The van der Waals surface area contributed by atoms with Crippen LogP contribution in [0.25, 0.3) is 0 Å². The van der Waals surface area contributed by atoms with E-state index in [2.05, 4.69) is 29.8 Å². The van der Waals surface area contributed by atoms with Crippen molar-refractivity contribution in [3.05, 3.63) is 35.4 Å². The van der Waals surface area contributed by atoms with Gasteiger partial charge in [0.2, 0.25) is 0 Å². The molecule has 0 N–H and O–H groups in total. The first-order valence-corrected chi connectivity index (χ1v) is 7.34. The fourth-order valence-electron chi connectivity index (χ4n) is 2.13. The third kappa shape index (κ3) is 3.82. The van der Waals surface area contributed by atoms with E-state index in [1.165, 1.54) is 0 Å². The molecule has 1 rings (SSSR count). The summed E-state index contributed by atoms with van der Waals surface area (Å²) in [5.74, 6) is 0.351. The van der Waals surface area contributed by atoms with Gasteiger partial charge in [-0.2, -0.15) is 0 Å². The predicted molar refractivity (Wildman–Crippen MR) is 77.3 cm³/mol. The predicted octanol–water partition coefficient (Wildman–Crippen LogP) is 5.12. The minimum Gasteiger partial charge on any atom is -0.276 e. The molecule has 0 heterocycles. The summed E-state index contributed by atoms with van der Waals surface area (Å²) in [6.07, 6.45) is 3.19. The van der Waals surface area contributed by atoms with Crippen molar-refractivity contribution in [2.45, 2.75) is 43.9 Å². The van der Waals surface area contributed by atoms with Crippen molar-refractivity contribution in [2.24, 2.45) is 0 Å². The summed E-state index contributed by atoms with van der Waals surface area (Å²) in [5.41, 5.74) is 1.71. The van der Waals surface area contributed by atoms with Crippen molar-refractivity contribution in [3.63, 3.8) is 0 Å². The molecule has 2 atom stereocenters. The molecule has 0 aliphatic carbocycles.